The highest BCUT2D eigenvalue weighted by atomic mass is 32.2. The van der Waals surface area contributed by atoms with Gasteiger partial charge in [-0.05, 0) is 81.8 Å². The molecule has 0 aromatic carbocycles. The molecule has 3 aromatic rings. The van der Waals surface area contributed by atoms with Crippen molar-refractivity contribution >= 4 is 77.5 Å². The number of anilines is 2. The number of aromatic nitrogens is 7. The molecule has 3 aromatic heterocycles. The lowest BCUT2D eigenvalue weighted by Gasteiger charge is -2.43. The zero-order valence-electron chi connectivity index (χ0n) is 49.0. The number of alkyl halides is 3. The summed E-state index contributed by atoms with van der Waals surface area (Å²) < 4.78 is 65.4. The number of carboxylic acid groups (broad SMARTS) is 1. The van der Waals surface area contributed by atoms with E-state index in [1.165, 1.54) is 53.1 Å². The van der Waals surface area contributed by atoms with Crippen LogP contribution < -0.4 is 22.1 Å². The first-order chi connectivity index (χ1) is 41.1. The molecule has 498 valence electrons. The van der Waals surface area contributed by atoms with Crippen molar-refractivity contribution in [1.82, 2.24) is 55.4 Å². The van der Waals surface area contributed by atoms with Gasteiger partial charge in [0.25, 0.3) is 0 Å². The molecular formula is C51H83F5N16O12S4. The fraction of sp³-hybridized carbons (Fsp3) is 0.706. The maximum atomic E-state index is 13.4. The fourth-order valence-corrected chi connectivity index (χ4v) is 11.0. The first-order valence-electron chi connectivity index (χ1n) is 26.8. The summed E-state index contributed by atoms with van der Waals surface area (Å²) >= 11 is 2.90. The Bertz CT molecular complexity index is 2620. The number of aliphatic carboxylic acids is 1. The van der Waals surface area contributed by atoms with Crippen LogP contribution in [0.2, 0.25) is 0 Å². The van der Waals surface area contributed by atoms with Crippen molar-refractivity contribution in [2.45, 2.75) is 156 Å². The molecule has 28 nitrogen and oxygen atoms in total. The number of nitrogens with two attached hydrogens (primary N) is 2. The molecule has 7 heterocycles. The number of nitrogens with zero attached hydrogens (tertiary/aromatic N) is 12. The van der Waals surface area contributed by atoms with E-state index in [4.69, 9.17) is 42.8 Å². The third-order valence-electron chi connectivity index (χ3n) is 13.7. The molecule has 2 amide bonds. The molecule has 13 N–H and O–H groups in total. The number of thioether (sulfide) groups is 2. The van der Waals surface area contributed by atoms with Crippen molar-refractivity contribution in [3.63, 3.8) is 0 Å². The van der Waals surface area contributed by atoms with E-state index in [2.05, 4.69) is 70.7 Å². The second-order valence-electron chi connectivity index (χ2n) is 19.9. The third kappa shape index (κ3) is 25.6. The number of azide groups is 1. The SMILES string of the molecule is C.C#Cc1ccnc(N)n1.CCC[C@@H]1C[C@@H](C(=O)N[C@H](CN=[N+]=[N-])[C@H]2OC(SC)[C@H](O)[C@H](O)C2O)N(C)C1.CCC[C@@H]1C[C@@H](C(=O)N[C@H](Cn2cc(-c3ccnc(N)n3)nn2)[C@H]2OC(SC)[C@H](O)[C@H](O)C2O)N(C)C1.CSF.CSF.O=C(O)C(F)(F)F. The van der Waals surface area contributed by atoms with E-state index < -0.39 is 83.9 Å². The van der Waals surface area contributed by atoms with Gasteiger partial charge in [-0.25, -0.2) is 29.4 Å². The first-order valence-corrected chi connectivity index (χ1v) is 31.6. The number of aliphatic hydroxyl groups excluding tert-OH is 6. The van der Waals surface area contributed by atoms with E-state index in [0.717, 1.165) is 51.6 Å². The van der Waals surface area contributed by atoms with E-state index in [1.807, 2.05) is 23.9 Å². The van der Waals surface area contributed by atoms with E-state index in [9.17, 15) is 61.2 Å². The predicted molar refractivity (Wildman–Crippen MR) is 327 cm³/mol. The minimum Gasteiger partial charge on any atom is -0.475 e. The molecule has 0 radical (unpaired) electrons. The molecule has 4 fully saturated rings. The number of ether oxygens (including phenoxy) is 2. The van der Waals surface area contributed by atoms with Crippen LogP contribution in [0, 0.1) is 24.2 Å². The number of likely N-dealkylation sites (N-methyl/N-ethyl adjacent to an activating group) is 2. The molecule has 4 saturated heterocycles. The largest absolute Gasteiger partial charge is 0.490 e. The van der Waals surface area contributed by atoms with Crippen LogP contribution >= 0.6 is 47.8 Å². The Balaban J connectivity index is 0.000000661. The van der Waals surface area contributed by atoms with E-state index in [-0.39, 0.29) is 80.6 Å². The number of aliphatic hydroxyl groups is 6. The van der Waals surface area contributed by atoms with Crippen molar-refractivity contribution in [3.05, 3.63) is 46.9 Å². The van der Waals surface area contributed by atoms with Crippen LogP contribution in [0.15, 0.2) is 35.8 Å². The van der Waals surface area contributed by atoms with Crippen LogP contribution in [0.1, 0.15) is 65.5 Å². The number of nitrogen functional groups attached to an aromatic ring is 2. The van der Waals surface area contributed by atoms with Gasteiger partial charge in [0.15, 0.2) is 0 Å². The molecule has 4 unspecified atom stereocenters. The van der Waals surface area contributed by atoms with E-state index in [1.54, 1.807) is 30.8 Å². The van der Waals surface area contributed by atoms with Gasteiger partial charge < -0.3 is 67.3 Å². The number of hydrogen-bond donors (Lipinski definition) is 11. The molecule has 37 heteroatoms. The van der Waals surface area contributed by atoms with Crippen molar-refractivity contribution in [3.8, 4) is 23.7 Å². The topological polar surface area (TPSA) is 425 Å². The van der Waals surface area contributed by atoms with Crippen molar-refractivity contribution in [1.29, 1.82) is 0 Å². The van der Waals surface area contributed by atoms with Crippen LogP contribution in [0.4, 0.5) is 32.8 Å². The van der Waals surface area contributed by atoms with Crippen LogP contribution in [0.3, 0.4) is 0 Å². The first kappa shape index (κ1) is 80.8. The molecule has 16 atom stereocenters. The second kappa shape index (κ2) is 41.3. The van der Waals surface area contributed by atoms with Gasteiger partial charge in [0.2, 0.25) is 23.7 Å². The average molecular weight is 1340 g/mol. The van der Waals surface area contributed by atoms with Crippen LogP contribution in [0.25, 0.3) is 21.8 Å². The van der Waals surface area contributed by atoms with Crippen molar-refractivity contribution in [2.75, 3.05) is 70.2 Å². The maximum absolute atomic E-state index is 13.4. The molecule has 0 aliphatic carbocycles. The molecule has 0 saturated carbocycles. The lowest BCUT2D eigenvalue weighted by molar-refractivity contribution is -0.206. The molecule has 0 bridgehead atoms. The minimum atomic E-state index is -5.08. The molecular weight excluding hydrogens is 1250 g/mol. The standard InChI is InChI=1S/C23H36N8O5S.C17H31N5O5S.C6H5N3.C2HF3O2.2CH3FS.CH4/c1-4-5-12-8-16(30(2)9-12)21(35)26-15(20-18(33)17(32)19(34)22(36-20)37-3)11-31-10-14(28-29-31)13-6-7-25-23(24)27-13;1-4-5-9-6-11(22(2)8-9)16(26)20-10(7-19-21-18)15-13(24)12(23)14(25)17(27-15)28-3;1-2-5-3-4-8-6(7)9-5;3-2(4,5)1(6)7;2*1-3-2;/h6-7,10,12,15-20,22,32-34H,4-5,8-9,11H2,1-3H3,(H,26,35)(H2,24,25,27);9-15,17,23-25H,4-8H2,1-3H3,(H,20,26);1,3-4H,(H2,7,8,9);(H,6,7);2*1H3;1H4/t12-,15-,16+,17-,18?,19-,20-,22?;9-,10-,11+,12-,13?,14-,15-,17?;;;;;/m11...../s1. The van der Waals surface area contributed by atoms with Gasteiger partial charge in [0, 0.05) is 73.7 Å². The summed E-state index contributed by atoms with van der Waals surface area (Å²) in [5.41, 5.74) is 19.5. The van der Waals surface area contributed by atoms with Crippen molar-refractivity contribution < 1.29 is 80.5 Å². The van der Waals surface area contributed by atoms with E-state index in [0.29, 0.717) is 28.9 Å². The minimum absolute atomic E-state index is 0. The van der Waals surface area contributed by atoms with E-state index >= 15 is 0 Å². The number of terminal acetylenes is 1. The van der Waals surface area contributed by atoms with Crippen LogP contribution in [-0.4, -0.2) is 247 Å². The zero-order valence-corrected chi connectivity index (χ0v) is 52.3. The third-order valence-corrected chi connectivity index (χ3v) is 15.4. The maximum Gasteiger partial charge on any atom is 0.490 e. The van der Waals surface area contributed by atoms with Crippen molar-refractivity contribution in [2.24, 2.45) is 17.0 Å². The second-order valence-corrected chi connectivity index (χ2v) is 22.4. The Morgan fingerprint density at radius 3 is 1.60 bits per heavy atom. The number of carboxylic acids is 1. The average Bonchev–Trinajstić information content (AvgIpc) is 2.54. The Kier molecular flexibility index (Phi) is 37.9. The number of nitrogens with one attached hydrogen (secondary N) is 2. The Hall–Kier alpha value is -5.17. The molecule has 7 rings (SSSR count). The summed E-state index contributed by atoms with van der Waals surface area (Å²) in [6.45, 7) is 5.90. The lowest BCUT2D eigenvalue weighted by Crippen LogP contribution is -2.64. The molecule has 88 heavy (non-hydrogen) atoms. The molecule has 0 spiro atoms. The van der Waals surface area contributed by atoms with Gasteiger partial charge in [0.05, 0.1) is 42.6 Å². The summed E-state index contributed by atoms with van der Waals surface area (Å²) in [6.07, 6.45) is 6.28. The van der Waals surface area contributed by atoms with Gasteiger partial charge in [-0.15, -0.1) is 35.0 Å². The Morgan fingerprint density at radius 1 is 0.784 bits per heavy atom. The highest BCUT2D eigenvalue weighted by molar-refractivity contribution is 7.99. The lowest BCUT2D eigenvalue weighted by atomic mass is 9.94. The number of likely N-dealkylation sites (tertiary alicyclic amines) is 2. The predicted octanol–water partition coefficient (Wildman–Crippen LogP) is 2.94. The van der Waals surface area contributed by atoms with Gasteiger partial charge >= 0.3 is 12.1 Å². The number of halogens is 5. The summed E-state index contributed by atoms with van der Waals surface area (Å²) in [5.74, 6) is 0.381. The zero-order chi connectivity index (χ0) is 65.7. The van der Waals surface area contributed by atoms with Gasteiger partial charge in [-0.1, -0.05) is 50.4 Å². The number of carbonyl (C=O) groups is 3. The quantitative estimate of drug-likeness (QED) is 0.0304. The summed E-state index contributed by atoms with van der Waals surface area (Å²) in [5, 5.41) is 87.1. The van der Waals surface area contributed by atoms with Gasteiger partial charge in [-0.2, -0.15) is 20.9 Å². The number of carbonyl (C=O) groups excluding carboxylic acids is 2. The fourth-order valence-electron chi connectivity index (χ4n) is 9.68. The summed E-state index contributed by atoms with van der Waals surface area (Å²) in [4.78, 5) is 57.4. The highest BCUT2D eigenvalue weighted by Crippen LogP contribution is 2.32. The summed E-state index contributed by atoms with van der Waals surface area (Å²) in [6, 6.07) is 1.05. The highest BCUT2D eigenvalue weighted by Gasteiger charge is 2.49. The van der Waals surface area contributed by atoms with Crippen LogP contribution in [-0.2, 0) is 30.4 Å². The number of rotatable bonds is 17. The number of amides is 2. The summed E-state index contributed by atoms with van der Waals surface area (Å²) in [7, 11) is 3.83. The molecule has 4 aliphatic heterocycles. The smallest absolute Gasteiger partial charge is 0.475 e. The monoisotopic (exact) mass is 1330 g/mol. The number of hydrogen-bond acceptors (Lipinski definition) is 26. The Labute approximate surface area is 525 Å². The normalized spacial score (nSPS) is 27.2. The van der Waals surface area contributed by atoms with Gasteiger partial charge in [-0.3, -0.25) is 19.4 Å². The Morgan fingerprint density at radius 2 is 1.22 bits per heavy atom. The van der Waals surface area contributed by atoms with Crippen LogP contribution in [0.5, 0.6) is 0 Å². The molecule has 4 aliphatic rings. The van der Waals surface area contributed by atoms with Gasteiger partial charge in [0.1, 0.15) is 71.1 Å².